The third-order valence-corrected chi connectivity index (χ3v) is 2.33. The molecule has 1 aromatic rings. The maximum atomic E-state index is 5.91. The Labute approximate surface area is 82.4 Å². The minimum Gasteiger partial charge on any atom is -0.492 e. The third-order valence-electron chi connectivity index (χ3n) is 2.02. The van der Waals surface area contributed by atoms with E-state index >= 15 is 0 Å². The van der Waals surface area contributed by atoms with Crippen molar-refractivity contribution in [1.82, 2.24) is 0 Å². The van der Waals surface area contributed by atoms with Crippen molar-refractivity contribution in [1.29, 1.82) is 0 Å². The van der Waals surface area contributed by atoms with Crippen molar-refractivity contribution >= 4 is 11.6 Å². The van der Waals surface area contributed by atoms with Crippen molar-refractivity contribution in [3.05, 3.63) is 29.3 Å². The van der Waals surface area contributed by atoms with Gasteiger partial charge in [-0.2, -0.15) is 0 Å². The van der Waals surface area contributed by atoms with Crippen LogP contribution in [0.5, 0.6) is 5.75 Å². The van der Waals surface area contributed by atoms with Crippen LogP contribution in [0.2, 0.25) is 5.02 Å². The van der Waals surface area contributed by atoms with E-state index in [4.69, 9.17) is 21.1 Å². The van der Waals surface area contributed by atoms with Crippen LogP contribution in [0.1, 0.15) is 0 Å². The molecule has 1 heterocycles. The molecular formula is C10H11ClO2. The lowest BCUT2D eigenvalue weighted by molar-refractivity contribution is -0.0508. The van der Waals surface area contributed by atoms with Crippen molar-refractivity contribution in [3.8, 4) is 5.75 Å². The Bertz CT molecular complexity index is 284. The molecule has 0 bridgehead atoms. The SMILES string of the molecule is Clc1ccccc1OCC1COC1. The quantitative estimate of drug-likeness (QED) is 0.743. The van der Waals surface area contributed by atoms with Gasteiger partial charge < -0.3 is 9.47 Å². The van der Waals surface area contributed by atoms with E-state index in [1.54, 1.807) is 0 Å². The van der Waals surface area contributed by atoms with Gasteiger partial charge in [-0.3, -0.25) is 0 Å². The maximum absolute atomic E-state index is 5.91. The molecule has 1 aliphatic rings. The van der Waals surface area contributed by atoms with Gasteiger partial charge in [-0.25, -0.2) is 0 Å². The number of para-hydroxylation sites is 1. The van der Waals surface area contributed by atoms with Crippen LogP contribution in [0.15, 0.2) is 24.3 Å². The molecule has 0 radical (unpaired) electrons. The zero-order valence-corrected chi connectivity index (χ0v) is 7.96. The van der Waals surface area contributed by atoms with E-state index in [1.807, 2.05) is 24.3 Å². The molecule has 3 heteroatoms. The van der Waals surface area contributed by atoms with Crippen molar-refractivity contribution in [2.75, 3.05) is 19.8 Å². The first kappa shape index (κ1) is 8.85. The van der Waals surface area contributed by atoms with Crippen molar-refractivity contribution in [3.63, 3.8) is 0 Å². The van der Waals surface area contributed by atoms with Crippen LogP contribution in [0, 0.1) is 5.92 Å². The summed E-state index contributed by atoms with van der Waals surface area (Å²) in [7, 11) is 0. The fraction of sp³-hybridized carbons (Fsp3) is 0.400. The van der Waals surface area contributed by atoms with E-state index in [1.165, 1.54) is 0 Å². The Balaban J connectivity index is 1.89. The fourth-order valence-corrected chi connectivity index (χ4v) is 1.34. The summed E-state index contributed by atoms with van der Waals surface area (Å²) < 4.78 is 10.6. The highest BCUT2D eigenvalue weighted by molar-refractivity contribution is 6.32. The average molecular weight is 199 g/mol. The molecule has 0 atom stereocenters. The van der Waals surface area contributed by atoms with Crippen LogP contribution in [0.4, 0.5) is 0 Å². The monoisotopic (exact) mass is 198 g/mol. The second-order valence-corrected chi connectivity index (χ2v) is 3.55. The van der Waals surface area contributed by atoms with Gasteiger partial charge in [-0.1, -0.05) is 23.7 Å². The largest absolute Gasteiger partial charge is 0.492 e. The van der Waals surface area contributed by atoms with Crippen LogP contribution in [0.25, 0.3) is 0 Å². The van der Waals surface area contributed by atoms with Gasteiger partial charge in [0.15, 0.2) is 0 Å². The first-order valence-electron chi connectivity index (χ1n) is 4.31. The first-order valence-corrected chi connectivity index (χ1v) is 4.69. The number of ether oxygens (including phenoxy) is 2. The molecule has 13 heavy (non-hydrogen) atoms. The second kappa shape index (κ2) is 3.99. The normalized spacial score (nSPS) is 16.7. The minimum atomic E-state index is 0.538. The Kier molecular flexibility index (Phi) is 2.71. The maximum Gasteiger partial charge on any atom is 0.137 e. The molecule has 1 fully saturated rings. The highest BCUT2D eigenvalue weighted by Crippen LogP contribution is 2.24. The van der Waals surface area contributed by atoms with Gasteiger partial charge >= 0.3 is 0 Å². The fourth-order valence-electron chi connectivity index (χ4n) is 1.15. The first-order chi connectivity index (χ1) is 6.36. The molecule has 0 saturated carbocycles. The van der Waals surface area contributed by atoms with Crippen molar-refractivity contribution < 1.29 is 9.47 Å². The van der Waals surface area contributed by atoms with Crippen LogP contribution in [-0.2, 0) is 4.74 Å². The summed E-state index contributed by atoms with van der Waals surface area (Å²) >= 11 is 5.91. The summed E-state index contributed by atoms with van der Waals surface area (Å²) in [5.41, 5.74) is 0. The zero-order valence-electron chi connectivity index (χ0n) is 7.20. The Morgan fingerprint density at radius 1 is 1.38 bits per heavy atom. The summed E-state index contributed by atoms with van der Waals surface area (Å²) in [6.07, 6.45) is 0. The smallest absolute Gasteiger partial charge is 0.137 e. The molecule has 70 valence electrons. The lowest BCUT2D eigenvalue weighted by Crippen LogP contribution is -2.32. The Morgan fingerprint density at radius 3 is 2.77 bits per heavy atom. The summed E-state index contributed by atoms with van der Waals surface area (Å²) in [5.74, 6) is 1.30. The number of benzene rings is 1. The number of halogens is 1. The molecule has 1 aliphatic heterocycles. The van der Waals surface area contributed by atoms with Crippen molar-refractivity contribution in [2.24, 2.45) is 5.92 Å². The molecule has 0 aromatic heterocycles. The lowest BCUT2D eigenvalue weighted by Gasteiger charge is -2.25. The van der Waals surface area contributed by atoms with Gasteiger partial charge in [0.2, 0.25) is 0 Å². The molecule has 0 spiro atoms. The van der Waals surface area contributed by atoms with Gasteiger partial charge in [0, 0.05) is 5.92 Å². The Hall–Kier alpha value is -0.730. The lowest BCUT2D eigenvalue weighted by atomic mass is 10.1. The second-order valence-electron chi connectivity index (χ2n) is 3.14. The topological polar surface area (TPSA) is 18.5 Å². The van der Waals surface area contributed by atoms with E-state index in [-0.39, 0.29) is 0 Å². The minimum absolute atomic E-state index is 0.538. The van der Waals surface area contributed by atoms with E-state index in [0.717, 1.165) is 19.0 Å². The number of hydrogen-bond donors (Lipinski definition) is 0. The molecule has 0 amide bonds. The predicted molar refractivity (Wildman–Crippen MR) is 51.3 cm³/mol. The highest BCUT2D eigenvalue weighted by Gasteiger charge is 2.19. The van der Waals surface area contributed by atoms with Gasteiger partial charge in [0.05, 0.1) is 24.8 Å². The number of hydrogen-bond acceptors (Lipinski definition) is 2. The number of rotatable bonds is 3. The van der Waals surface area contributed by atoms with Gasteiger partial charge in [-0.05, 0) is 12.1 Å². The van der Waals surface area contributed by atoms with Gasteiger partial charge in [-0.15, -0.1) is 0 Å². The summed E-state index contributed by atoms with van der Waals surface area (Å²) in [4.78, 5) is 0. The van der Waals surface area contributed by atoms with Gasteiger partial charge in [0.1, 0.15) is 5.75 Å². The Morgan fingerprint density at radius 2 is 2.15 bits per heavy atom. The van der Waals surface area contributed by atoms with E-state index < -0.39 is 0 Å². The summed E-state index contributed by atoms with van der Waals surface area (Å²) in [5, 5.41) is 0.669. The third kappa shape index (κ3) is 2.14. The van der Waals surface area contributed by atoms with Crippen molar-refractivity contribution in [2.45, 2.75) is 0 Å². The molecule has 0 N–H and O–H groups in total. The van der Waals surface area contributed by atoms with E-state index in [0.29, 0.717) is 17.5 Å². The van der Waals surface area contributed by atoms with Crippen LogP contribution >= 0.6 is 11.6 Å². The molecule has 0 unspecified atom stereocenters. The molecule has 2 nitrogen and oxygen atoms in total. The average Bonchev–Trinajstić information content (AvgIpc) is 2.05. The van der Waals surface area contributed by atoms with Gasteiger partial charge in [0.25, 0.3) is 0 Å². The molecule has 1 saturated heterocycles. The predicted octanol–water partition coefficient (Wildman–Crippen LogP) is 2.37. The van der Waals surface area contributed by atoms with E-state index in [9.17, 15) is 0 Å². The van der Waals surface area contributed by atoms with Crippen LogP contribution in [-0.4, -0.2) is 19.8 Å². The van der Waals surface area contributed by atoms with Crippen LogP contribution < -0.4 is 4.74 Å². The van der Waals surface area contributed by atoms with E-state index in [2.05, 4.69) is 0 Å². The molecular weight excluding hydrogens is 188 g/mol. The summed E-state index contributed by atoms with van der Waals surface area (Å²) in [6.45, 7) is 2.32. The highest BCUT2D eigenvalue weighted by atomic mass is 35.5. The molecule has 2 rings (SSSR count). The van der Waals surface area contributed by atoms with Crippen LogP contribution in [0.3, 0.4) is 0 Å². The standard InChI is InChI=1S/C10H11ClO2/c11-9-3-1-2-4-10(9)13-7-8-5-12-6-8/h1-4,8H,5-7H2. The molecule has 1 aromatic carbocycles. The summed E-state index contributed by atoms with van der Waals surface area (Å²) in [6, 6.07) is 7.51. The molecule has 0 aliphatic carbocycles. The zero-order chi connectivity index (χ0) is 9.10.